The quantitative estimate of drug-likeness (QED) is 0.640. The molecular weight excluding hydrogens is 220 g/mol. The van der Waals surface area contributed by atoms with Crippen molar-refractivity contribution in [1.29, 1.82) is 0 Å². The number of H-pyrrole nitrogens is 1. The summed E-state index contributed by atoms with van der Waals surface area (Å²) in [6.07, 6.45) is 3.71. The van der Waals surface area contributed by atoms with Gasteiger partial charge in [0, 0.05) is 20.3 Å². The number of nitrogens with zero attached hydrogens (tertiary/aromatic N) is 3. The summed E-state index contributed by atoms with van der Waals surface area (Å²) < 4.78 is 4.98. The third-order valence-corrected chi connectivity index (χ3v) is 2.39. The molecule has 2 heterocycles. The highest BCUT2D eigenvalue weighted by Gasteiger charge is 2.06. The lowest BCUT2D eigenvalue weighted by molar-refractivity contribution is 0.194. The van der Waals surface area contributed by atoms with Crippen LogP contribution in [0.3, 0.4) is 0 Å². The highest BCUT2D eigenvalue weighted by Crippen LogP contribution is 2.18. The highest BCUT2D eigenvalue weighted by atomic mass is 16.5. The molecule has 0 atom stereocenters. The molecule has 0 spiro atoms. The zero-order chi connectivity index (χ0) is 12.1. The molecule has 0 unspecified atom stereocenters. The van der Waals surface area contributed by atoms with Crippen molar-refractivity contribution in [2.45, 2.75) is 12.8 Å². The maximum atomic E-state index is 5.61. The van der Waals surface area contributed by atoms with Crippen LogP contribution in [0.25, 0.3) is 11.0 Å². The van der Waals surface area contributed by atoms with Gasteiger partial charge in [-0.1, -0.05) is 0 Å². The number of nitrogens with two attached hydrogens (primary N) is 1. The summed E-state index contributed by atoms with van der Waals surface area (Å²) >= 11 is 0. The van der Waals surface area contributed by atoms with Gasteiger partial charge in [0.15, 0.2) is 5.65 Å². The van der Waals surface area contributed by atoms with E-state index in [0.717, 1.165) is 37.2 Å². The van der Waals surface area contributed by atoms with Crippen molar-refractivity contribution in [2.24, 2.45) is 0 Å². The van der Waals surface area contributed by atoms with Crippen LogP contribution in [0, 0.1) is 0 Å². The zero-order valence-corrected chi connectivity index (χ0v) is 9.73. The Morgan fingerprint density at radius 3 is 3.12 bits per heavy atom. The molecule has 7 nitrogen and oxygen atoms in total. The van der Waals surface area contributed by atoms with Crippen molar-refractivity contribution in [2.75, 3.05) is 31.3 Å². The Hall–Kier alpha value is -1.89. The maximum absolute atomic E-state index is 5.61. The molecule has 0 aliphatic carbocycles. The van der Waals surface area contributed by atoms with Gasteiger partial charge in [0.05, 0.1) is 11.6 Å². The second-order valence-electron chi connectivity index (χ2n) is 3.69. The van der Waals surface area contributed by atoms with Crippen LogP contribution in [0.5, 0.6) is 0 Å². The number of hydrogen-bond acceptors (Lipinski definition) is 6. The summed E-state index contributed by atoms with van der Waals surface area (Å²) in [5, 5.41) is 10.8. The fraction of sp³-hybridized carbons (Fsp3) is 0.500. The molecule has 0 saturated heterocycles. The number of methoxy groups -OCH3 is 1. The second kappa shape index (κ2) is 5.44. The summed E-state index contributed by atoms with van der Waals surface area (Å²) in [7, 11) is 1.70. The molecule has 0 saturated carbocycles. The molecule has 2 aromatic heterocycles. The largest absolute Gasteiger partial charge is 0.385 e. The third kappa shape index (κ3) is 2.82. The van der Waals surface area contributed by atoms with Gasteiger partial charge in [-0.15, -0.1) is 0 Å². The number of nitrogen functional groups attached to an aromatic ring is 1. The van der Waals surface area contributed by atoms with Gasteiger partial charge in [0.2, 0.25) is 5.95 Å². The van der Waals surface area contributed by atoms with E-state index >= 15 is 0 Å². The molecule has 0 amide bonds. The summed E-state index contributed by atoms with van der Waals surface area (Å²) in [6.45, 7) is 1.59. The Bertz CT molecular complexity index is 483. The van der Waals surface area contributed by atoms with Gasteiger partial charge in [-0.2, -0.15) is 15.1 Å². The van der Waals surface area contributed by atoms with E-state index in [1.807, 2.05) is 0 Å². The number of nitrogens with one attached hydrogen (secondary N) is 2. The Morgan fingerprint density at radius 2 is 2.29 bits per heavy atom. The molecule has 0 fully saturated rings. The first-order valence-corrected chi connectivity index (χ1v) is 5.50. The molecule has 0 aliphatic rings. The Kier molecular flexibility index (Phi) is 3.71. The number of unbranched alkanes of at least 4 members (excludes halogenated alkanes) is 1. The lowest BCUT2D eigenvalue weighted by atomic mass is 10.3. The van der Waals surface area contributed by atoms with Crippen LogP contribution in [0.2, 0.25) is 0 Å². The number of aromatic amines is 1. The first-order chi connectivity index (χ1) is 8.31. The van der Waals surface area contributed by atoms with E-state index in [0.29, 0.717) is 5.65 Å². The first-order valence-electron chi connectivity index (χ1n) is 5.50. The molecule has 0 aromatic carbocycles. The van der Waals surface area contributed by atoms with Crippen molar-refractivity contribution >= 4 is 22.8 Å². The van der Waals surface area contributed by atoms with Gasteiger partial charge in [-0.25, -0.2) is 0 Å². The van der Waals surface area contributed by atoms with Gasteiger partial charge in [0.1, 0.15) is 5.82 Å². The average Bonchev–Trinajstić information content (AvgIpc) is 2.76. The van der Waals surface area contributed by atoms with Crippen LogP contribution >= 0.6 is 0 Å². The lowest BCUT2D eigenvalue weighted by Gasteiger charge is -2.06. The predicted molar refractivity (Wildman–Crippen MR) is 65.7 cm³/mol. The molecule has 0 radical (unpaired) electrons. The number of aromatic nitrogens is 4. The molecule has 2 rings (SSSR count). The molecule has 2 aromatic rings. The normalized spacial score (nSPS) is 10.9. The molecular formula is C10H16N6O. The van der Waals surface area contributed by atoms with Crippen molar-refractivity contribution < 1.29 is 4.74 Å². The van der Waals surface area contributed by atoms with Gasteiger partial charge >= 0.3 is 0 Å². The van der Waals surface area contributed by atoms with Gasteiger partial charge in [0.25, 0.3) is 0 Å². The molecule has 17 heavy (non-hydrogen) atoms. The fourth-order valence-corrected chi connectivity index (χ4v) is 1.57. The average molecular weight is 236 g/mol. The number of rotatable bonds is 6. The SMILES string of the molecule is COCCCCNc1nc(N)nc2[nH]ncc12. The highest BCUT2D eigenvalue weighted by molar-refractivity contribution is 5.86. The minimum Gasteiger partial charge on any atom is -0.385 e. The van der Waals surface area contributed by atoms with E-state index < -0.39 is 0 Å². The number of anilines is 2. The van der Waals surface area contributed by atoms with Crippen LogP contribution in [0.4, 0.5) is 11.8 Å². The summed E-state index contributed by atoms with van der Waals surface area (Å²) in [5.74, 6) is 0.958. The summed E-state index contributed by atoms with van der Waals surface area (Å²) in [5.41, 5.74) is 6.26. The van der Waals surface area contributed by atoms with E-state index in [-0.39, 0.29) is 5.95 Å². The van der Waals surface area contributed by atoms with Crippen LogP contribution in [0.15, 0.2) is 6.20 Å². The first kappa shape index (κ1) is 11.6. The number of fused-ring (bicyclic) bond motifs is 1. The van der Waals surface area contributed by atoms with E-state index in [4.69, 9.17) is 10.5 Å². The molecule has 0 aliphatic heterocycles. The van der Waals surface area contributed by atoms with Crippen molar-refractivity contribution in [3.63, 3.8) is 0 Å². The molecule has 4 N–H and O–H groups in total. The smallest absolute Gasteiger partial charge is 0.224 e. The second-order valence-corrected chi connectivity index (χ2v) is 3.69. The minimum atomic E-state index is 0.237. The zero-order valence-electron chi connectivity index (χ0n) is 9.73. The van der Waals surface area contributed by atoms with E-state index in [1.165, 1.54) is 0 Å². The van der Waals surface area contributed by atoms with Gasteiger partial charge in [-0.3, -0.25) is 5.10 Å². The maximum Gasteiger partial charge on any atom is 0.224 e. The lowest BCUT2D eigenvalue weighted by Crippen LogP contribution is -2.07. The van der Waals surface area contributed by atoms with Gasteiger partial charge in [-0.05, 0) is 12.8 Å². The Labute approximate surface area is 98.8 Å². The van der Waals surface area contributed by atoms with E-state index in [2.05, 4.69) is 25.5 Å². The predicted octanol–water partition coefficient (Wildman–Crippen LogP) is 0.774. The van der Waals surface area contributed by atoms with Crippen molar-refractivity contribution in [3.05, 3.63) is 6.20 Å². The van der Waals surface area contributed by atoms with Crippen molar-refractivity contribution in [1.82, 2.24) is 20.2 Å². The summed E-state index contributed by atoms with van der Waals surface area (Å²) in [6, 6.07) is 0. The van der Waals surface area contributed by atoms with Gasteiger partial charge < -0.3 is 15.8 Å². The standard InChI is InChI=1S/C10H16N6O/c1-17-5-3-2-4-12-8-7-6-13-16-9(7)15-10(11)14-8/h6H,2-5H2,1H3,(H4,11,12,13,14,15,16). The topological polar surface area (TPSA) is 102 Å². The monoisotopic (exact) mass is 236 g/mol. The Morgan fingerprint density at radius 1 is 1.41 bits per heavy atom. The van der Waals surface area contributed by atoms with Crippen molar-refractivity contribution in [3.8, 4) is 0 Å². The van der Waals surface area contributed by atoms with Crippen LogP contribution in [0.1, 0.15) is 12.8 Å². The van der Waals surface area contributed by atoms with Crippen LogP contribution < -0.4 is 11.1 Å². The number of hydrogen-bond donors (Lipinski definition) is 3. The minimum absolute atomic E-state index is 0.237. The van der Waals surface area contributed by atoms with E-state index in [9.17, 15) is 0 Å². The molecule has 0 bridgehead atoms. The van der Waals surface area contributed by atoms with E-state index in [1.54, 1.807) is 13.3 Å². The molecule has 7 heteroatoms. The molecule has 92 valence electrons. The fourth-order valence-electron chi connectivity index (χ4n) is 1.57. The third-order valence-electron chi connectivity index (χ3n) is 2.39. The number of ether oxygens (including phenoxy) is 1. The summed E-state index contributed by atoms with van der Waals surface area (Å²) in [4.78, 5) is 8.20. The van der Waals surface area contributed by atoms with Crippen LogP contribution in [-0.4, -0.2) is 40.4 Å². The Balaban J connectivity index is 2.00. The van der Waals surface area contributed by atoms with Crippen LogP contribution in [-0.2, 0) is 4.74 Å².